The van der Waals surface area contributed by atoms with Gasteiger partial charge in [-0.05, 0) is 62.4 Å². The van der Waals surface area contributed by atoms with Gasteiger partial charge in [-0.25, -0.2) is 19.6 Å². The van der Waals surface area contributed by atoms with Crippen LogP contribution in [0.1, 0.15) is 41.6 Å². The van der Waals surface area contributed by atoms with Gasteiger partial charge >= 0.3 is 24.3 Å². The summed E-state index contributed by atoms with van der Waals surface area (Å²) in [4.78, 5) is 45.4. The fourth-order valence-corrected chi connectivity index (χ4v) is 4.53. The summed E-state index contributed by atoms with van der Waals surface area (Å²) in [5, 5.41) is 21.5. The summed E-state index contributed by atoms with van der Waals surface area (Å²) in [6, 6.07) is 13.4. The molecule has 3 aromatic rings. The van der Waals surface area contributed by atoms with Crippen molar-refractivity contribution in [1.82, 2.24) is 9.97 Å². The van der Waals surface area contributed by atoms with E-state index in [1.54, 1.807) is 23.9 Å². The summed E-state index contributed by atoms with van der Waals surface area (Å²) in [5.74, 6) is -4.75. The maximum atomic E-state index is 12.8. The number of carbonyl (C=O) groups is 3. The number of hydrogen-bond donors (Lipinski definition) is 6. The number of thioether (sulfide) groups is 1. The molecule has 1 aliphatic rings. The first-order chi connectivity index (χ1) is 21.8. The SMILES string of the molecule is CSc1ccc(C(=O)Nc2nc(NC3CCCCC3N=C(N)N)c3cc(C)ccc3n2)cc1.O=C(O)C(F)(F)F.O=C(O)C(F)(F)F. The van der Waals surface area contributed by atoms with Crippen molar-refractivity contribution in [2.24, 2.45) is 16.5 Å². The molecule has 4 rings (SSSR count). The number of nitrogens with two attached hydrogens (primary N) is 2. The summed E-state index contributed by atoms with van der Waals surface area (Å²) in [6.07, 6.45) is -4.15. The van der Waals surface area contributed by atoms with Crippen LogP contribution in [0.2, 0.25) is 0 Å². The molecule has 0 bridgehead atoms. The van der Waals surface area contributed by atoms with Crippen LogP contribution in [0.25, 0.3) is 10.9 Å². The quantitative estimate of drug-likeness (QED) is 0.0860. The predicted molar refractivity (Wildman–Crippen MR) is 163 cm³/mol. The Hall–Kier alpha value is -4.81. The second-order valence-corrected chi connectivity index (χ2v) is 10.7. The maximum absolute atomic E-state index is 12.8. The monoisotopic (exact) mass is 691 g/mol. The number of amides is 1. The first kappa shape index (κ1) is 38.4. The Balaban J connectivity index is 0.000000459. The van der Waals surface area contributed by atoms with E-state index in [1.165, 1.54) is 0 Å². The van der Waals surface area contributed by atoms with Crippen LogP contribution in [0.4, 0.5) is 38.1 Å². The average molecular weight is 692 g/mol. The average Bonchev–Trinajstić information content (AvgIpc) is 2.98. The zero-order valence-corrected chi connectivity index (χ0v) is 25.6. The number of rotatable bonds is 6. The lowest BCUT2D eigenvalue weighted by atomic mass is 9.90. The number of anilines is 2. The molecular formula is C28H31F6N7O5S. The van der Waals surface area contributed by atoms with Gasteiger partial charge in [-0.2, -0.15) is 31.3 Å². The Labute approximate surface area is 268 Å². The number of carboxylic acids is 2. The molecule has 0 radical (unpaired) electrons. The number of aliphatic imine (C=N–C) groups is 1. The van der Waals surface area contributed by atoms with E-state index in [-0.39, 0.29) is 29.9 Å². The number of aliphatic carboxylic acids is 2. The van der Waals surface area contributed by atoms with E-state index in [1.807, 2.05) is 43.5 Å². The van der Waals surface area contributed by atoms with Crippen molar-refractivity contribution in [3.05, 3.63) is 53.6 Å². The summed E-state index contributed by atoms with van der Waals surface area (Å²) in [7, 11) is 0. The molecule has 0 spiro atoms. The van der Waals surface area contributed by atoms with Crippen molar-refractivity contribution in [2.45, 2.75) is 61.9 Å². The summed E-state index contributed by atoms with van der Waals surface area (Å²) in [6.45, 7) is 2.03. The predicted octanol–water partition coefficient (Wildman–Crippen LogP) is 5.18. The number of alkyl halides is 6. The standard InChI is InChI=1S/C24H29N7OS.2C2HF3O2/c1-14-7-12-18-17(13-14)21(27-19-5-3-4-6-20(19)28-23(25)26)30-24(29-18)31-22(32)15-8-10-16(33-2)11-9-15;2*3-2(4,5)1(6)7/h7-13,19-20H,3-6H2,1-2H3,(H4,25,26,28)(H2,27,29,30,31,32);2*(H,6,7). The van der Waals surface area contributed by atoms with Gasteiger partial charge in [-0.15, -0.1) is 11.8 Å². The summed E-state index contributed by atoms with van der Waals surface area (Å²) < 4.78 is 63.5. The van der Waals surface area contributed by atoms with E-state index in [0.29, 0.717) is 11.4 Å². The lowest BCUT2D eigenvalue weighted by molar-refractivity contribution is -0.193. The Kier molecular flexibility index (Phi) is 13.6. The fraction of sp³-hybridized carbons (Fsp3) is 0.357. The molecule has 12 nitrogen and oxygen atoms in total. The highest BCUT2D eigenvalue weighted by molar-refractivity contribution is 7.98. The van der Waals surface area contributed by atoms with E-state index in [0.717, 1.165) is 47.0 Å². The van der Waals surface area contributed by atoms with Gasteiger partial charge in [0.25, 0.3) is 5.91 Å². The molecule has 1 amide bonds. The maximum Gasteiger partial charge on any atom is 0.490 e. The van der Waals surface area contributed by atoms with Crippen LogP contribution < -0.4 is 22.1 Å². The van der Waals surface area contributed by atoms with Crippen molar-refractivity contribution in [1.29, 1.82) is 0 Å². The molecule has 19 heteroatoms. The zero-order chi connectivity index (χ0) is 35.5. The molecule has 2 unspecified atom stereocenters. The van der Waals surface area contributed by atoms with Crippen molar-refractivity contribution >= 4 is 58.2 Å². The van der Waals surface area contributed by atoms with Gasteiger partial charge in [-0.1, -0.05) is 24.5 Å². The molecule has 2 aromatic carbocycles. The van der Waals surface area contributed by atoms with Gasteiger partial charge in [0, 0.05) is 15.8 Å². The minimum absolute atomic E-state index is 0.0217. The highest BCUT2D eigenvalue weighted by Gasteiger charge is 2.39. The highest BCUT2D eigenvalue weighted by Crippen LogP contribution is 2.29. The molecular weight excluding hydrogens is 660 g/mol. The number of aryl methyl sites for hydroxylation is 1. The number of carbonyl (C=O) groups excluding carboxylic acids is 1. The van der Waals surface area contributed by atoms with E-state index < -0.39 is 24.3 Å². The molecule has 1 aliphatic carbocycles. The van der Waals surface area contributed by atoms with Gasteiger partial charge in [0.1, 0.15) is 5.82 Å². The molecule has 256 valence electrons. The van der Waals surface area contributed by atoms with E-state index >= 15 is 0 Å². The molecule has 1 aromatic heterocycles. The Morgan fingerprint density at radius 3 is 1.98 bits per heavy atom. The molecule has 1 heterocycles. The number of carboxylic acid groups (broad SMARTS) is 2. The van der Waals surface area contributed by atoms with Crippen molar-refractivity contribution in [3.63, 3.8) is 0 Å². The molecule has 1 saturated carbocycles. The number of nitrogens with zero attached hydrogens (tertiary/aromatic N) is 3. The lowest BCUT2D eigenvalue weighted by Crippen LogP contribution is -2.38. The number of fused-ring (bicyclic) bond motifs is 1. The third kappa shape index (κ3) is 12.5. The molecule has 2 atom stereocenters. The first-order valence-corrected chi connectivity index (χ1v) is 14.7. The Morgan fingerprint density at radius 1 is 0.915 bits per heavy atom. The fourth-order valence-electron chi connectivity index (χ4n) is 4.13. The smallest absolute Gasteiger partial charge is 0.475 e. The molecule has 0 saturated heterocycles. The minimum atomic E-state index is -5.08. The number of aromatic nitrogens is 2. The van der Waals surface area contributed by atoms with Crippen molar-refractivity contribution in [3.8, 4) is 0 Å². The molecule has 8 N–H and O–H groups in total. The Morgan fingerprint density at radius 2 is 1.47 bits per heavy atom. The van der Waals surface area contributed by atoms with Gasteiger partial charge in [0.2, 0.25) is 5.95 Å². The van der Waals surface area contributed by atoms with Crippen LogP contribution in [0.5, 0.6) is 0 Å². The van der Waals surface area contributed by atoms with Gasteiger partial charge in [-0.3, -0.25) is 10.1 Å². The number of guanidine groups is 1. The minimum Gasteiger partial charge on any atom is -0.475 e. The van der Waals surface area contributed by atoms with E-state index in [4.69, 9.17) is 31.3 Å². The summed E-state index contributed by atoms with van der Waals surface area (Å²) in [5.41, 5.74) is 13.7. The van der Waals surface area contributed by atoms with Crippen LogP contribution >= 0.6 is 11.8 Å². The second-order valence-electron chi connectivity index (χ2n) is 9.86. The van der Waals surface area contributed by atoms with Crippen LogP contribution in [-0.2, 0) is 9.59 Å². The number of nitrogens with one attached hydrogen (secondary N) is 2. The second kappa shape index (κ2) is 16.7. The molecule has 47 heavy (non-hydrogen) atoms. The third-order valence-corrected chi connectivity index (χ3v) is 7.02. The number of halogens is 6. The number of hydrogen-bond acceptors (Lipinski definition) is 8. The largest absolute Gasteiger partial charge is 0.490 e. The van der Waals surface area contributed by atoms with Gasteiger partial charge < -0.3 is 27.0 Å². The van der Waals surface area contributed by atoms with Gasteiger partial charge in [0.05, 0.1) is 17.6 Å². The van der Waals surface area contributed by atoms with Crippen LogP contribution in [0.3, 0.4) is 0 Å². The van der Waals surface area contributed by atoms with Crippen molar-refractivity contribution < 1.29 is 50.9 Å². The molecule has 0 aliphatic heterocycles. The number of benzene rings is 2. The van der Waals surface area contributed by atoms with Crippen LogP contribution in [0, 0.1) is 6.92 Å². The van der Waals surface area contributed by atoms with E-state index in [9.17, 15) is 31.1 Å². The normalized spacial score (nSPS) is 16.0. The molecule has 1 fully saturated rings. The first-order valence-electron chi connectivity index (χ1n) is 13.5. The van der Waals surface area contributed by atoms with Crippen LogP contribution in [0.15, 0.2) is 52.4 Å². The summed E-state index contributed by atoms with van der Waals surface area (Å²) >= 11 is 1.63. The Bertz CT molecular complexity index is 1560. The van der Waals surface area contributed by atoms with Crippen molar-refractivity contribution in [2.75, 3.05) is 16.9 Å². The highest BCUT2D eigenvalue weighted by atomic mass is 32.2. The van der Waals surface area contributed by atoms with Gasteiger partial charge in [0.15, 0.2) is 5.96 Å². The van der Waals surface area contributed by atoms with Crippen LogP contribution in [-0.4, -0.2) is 74.7 Å². The topological polar surface area (TPSA) is 206 Å². The van der Waals surface area contributed by atoms with E-state index in [2.05, 4.69) is 25.6 Å². The third-order valence-electron chi connectivity index (χ3n) is 6.28. The lowest BCUT2D eigenvalue weighted by Gasteiger charge is -2.30. The zero-order valence-electron chi connectivity index (χ0n) is 24.8.